The summed E-state index contributed by atoms with van der Waals surface area (Å²) in [6.45, 7) is 6.13. The topological polar surface area (TPSA) is 69.7 Å². The zero-order chi connectivity index (χ0) is 21.7. The van der Waals surface area contributed by atoms with Gasteiger partial charge in [0.15, 0.2) is 5.78 Å². The Kier molecular flexibility index (Phi) is 7.32. The van der Waals surface area contributed by atoms with Crippen molar-refractivity contribution in [2.24, 2.45) is 11.3 Å². The molecule has 1 aliphatic heterocycles. The van der Waals surface area contributed by atoms with E-state index < -0.39 is 17.6 Å². The Hall–Kier alpha value is -2.17. The van der Waals surface area contributed by atoms with Crippen molar-refractivity contribution in [3.8, 4) is 0 Å². The van der Waals surface area contributed by atoms with Crippen LogP contribution in [-0.4, -0.2) is 29.9 Å². The Morgan fingerprint density at radius 3 is 2.63 bits per heavy atom. The SMILES string of the molecule is CC(C)=CCCC(C)=C[C@H]1OC(=O)CC12C[C@H](OC(=O)C1CCCCC1)C=CC2=O. The molecule has 1 heterocycles. The van der Waals surface area contributed by atoms with Crippen molar-refractivity contribution < 1.29 is 23.9 Å². The molecule has 164 valence electrons. The van der Waals surface area contributed by atoms with Crippen molar-refractivity contribution in [3.63, 3.8) is 0 Å². The molecule has 5 heteroatoms. The van der Waals surface area contributed by atoms with Crippen molar-refractivity contribution in [3.05, 3.63) is 35.5 Å². The van der Waals surface area contributed by atoms with Gasteiger partial charge in [0, 0.05) is 6.42 Å². The van der Waals surface area contributed by atoms with Crippen LogP contribution in [-0.2, 0) is 23.9 Å². The highest BCUT2D eigenvalue weighted by Gasteiger charge is 2.55. The van der Waals surface area contributed by atoms with Crippen LogP contribution in [0.15, 0.2) is 35.5 Å². The van der Waals surface area contributed by atoms with Gasteiger partial charge in [0.2, 0.25) is 0 Å². The van der Waals surface area contributed by atoms with Crippen LogP contribution in [0.3, 0.4) is 0 Å². The lowest BCUT2D eigenvalue weighted by Gasteiger charge is -2.35. The first-order valence-corrected chi connectivity index (χ1v) is 11.2. The predicted molar refractivity (Wildman–Crippen MR) is 115 cm³/mol. The number of esters is 2. The number of allylic oxidation sites excluding steroid dienone is 4. The molecule has 3 rings (SSSR count). The maximum atomic E-state index is 12.9. The second kappa shape index (κ2) is 9.76. The average molecular weight is 415 g/mol. The molecule has 1 saturated carbocycles. The standard InChI is InChI=1S/C25H34O5/c1-17(2)8-7-9-18(3)14-22-25(16-23(27)30-22)15-20(12-13-21(25)26)29-24(28)19-10-5-4-6-11-19/h8,12-14,19-20,22H,4-7,9-11,15-16H2,1-3H3/t20-,22-,25?/m1/s1. The summed E-state index contributed by atoms with van der Waals surface area (Å²) in [5.41, 5.74) is 1.38. The van der Waals surface area contributed by atoms with Gasteiger partial charge in [-0.1, -0.05) is 36.5 Å². The molecule has 2 fully saturated rings. The molecule has 3 atom stereocenters. The number of carbonyl (C=O) groups excluding carboxylic acids is 3. The van der Waals surface area contributed by atoms with Gasteiger partial charge >= 0.3 is 11.9 Å². The lowest BCUT2D eigenvalue weighted by atomic mass is 9.69. The third-order valence-electron chi connectivity index (χ3n) is 6.51. The molecular weight excluding hydrogens is 380 g/mol. The number of ether oxygens (including phenoxy) is 2. The summed E-state index contributed by atoms with van der Waals surface area (Å²) >= 11 is 0. The van der Waals surface area contributed by atoms with E-state index in [0.29, 0.717) is 6.42 Å². The molecule has 0 aromatic heterocycles. The van der Waals surface area contributed by atoms with Crippen LogP contribution in [0.4, 0.5) is 0 Å². The van der Waals surface area contributed by atoms with Crippen LogP contribution in [0.25, 0.3) is 0 Å². The van der Waals surface area contributed by atoms with E-state index in [4.69, 9.17) is 9.47 Å². The summed E-state index contributed by atoms with van der Waals surface area (Å²) in [4.78, 5) is 37.7. The minimum Gasteiger partial charge on any atom is -0.458 e. The number of carbonyl (C=O) groups is 3. The van der Waals surface area contributed by atoms with E-state index in [1.54, 1.807) is 6.08 Å². The Morgan fingerprint density at radius 2 is 1.93 bits per heavy atom. The van der Waals surface area contributed by atoms with E-state index in [2.05, 4.69) is 19.9 Å². The highest BCUT2D eigenvalue weighted by atomic mass is 16.6. The molecule has 5 nitrogen and oxygen atoms in total. The van der Waals surface area contributed by atoms with Gasteiger partial charge < -0.3 is 9.47 Å². The highest BCUT2D eigenvalue weighted by Crippen LogP contribution is 2.45. The number of rotatable bonds is 6. The molecule has 30 heavy (non-hydrogen) atoms. The molecular formula is C25H34O5. The smallest absolute Gasteiger partial charge is 0.309 e. The second-order valence-corrected chi connectivity index (χ2v) is 9.31. The summed E-state index contributed by atoms with van der Waals surface area (Å²) < 4.78 is 11.3. The molecule has 1 saturated heterocycles. The average Bonchev–Trinajstić information content (AvgIpc) is 3.00. The third kappa shape index (κ3) is 5.30. The number of hydrogen-bond donors (Lipinski definition) is 0. The first-order chi connectivity index (χ1) is 14.3. The molecule has 1 unspecified atom stereocenters. The van der Waals surface area contributed by atoms with E-state index >= 15 is 0 Å². The van der Waals surface area contributed by atoms with Gasteiger partial charge in [0.1, 0.15) is 12.2 Å². The first kappa shape index (κ1) is 22.5. The minimum absolute atomic E-state index is 0.0378. The number of hydrogen-bond acceptors (Lipinski definition) is 5. The summed E-state index contributed by atoms with van der Waals surface area (Å²) in [6.07, 6.45) is 13.3. The monoisotopic (exact) mass is 414 g/mol. The second-order valence-electron chi connectivity index (χ2n) is 9.31. The van der Waals surface area contributed by atoms with Crippen LogP contribution in [0.1, 0.15) is 78.6 Å². The van der Waals surface area contributed by atoms with Crippen molar-refractivity contribution in [1.29, 1.82) is 0 Å². The van der Waals surface area contributed by atoms with Crippen LogP contribution in [0, 0.1) is 11.3 Å². The van der Waals surface area contributed by atoms with Gasteiger partial charge in [-0.2, -0.15) is 0 Å². The Balaban J connectivity index is 1.72. The molecule has 0 bridgehead atoms. The number of ketones is 1. The van der Waals surface area contributed by atoms with Crippen molar-refractivity contribution in [2.75, 3.05) is 0 Å². The summed E-state index contributed by atoms with van der Waals surface area (Å²) in [5, 5.41) is 0. The molecule has 0 aromatic carbocycles. The normalized spacial score (nSPS) is 29.8. The summed E-state index contributed by atoms with van der Waals surface area (Å²) in [6, 6.07) is 0. The minimum atomic E-state index is -0.971. The largest absolute Gasteiger partial charge is 0.458 e. The fourth-order valence-electron chi connectivity index (χ4n) is 4.75. The van der Waals surface area contributed by atoms with Gasteiger partial charge in [0.25, 0.3) is 0 Å². The van der Waals surface area contributed by atoms with Crippen LogP contribution in [0.2, 0.25) is 0 Å². The zero-order valence-corrected chi connectivity index (χ0v) is 18.4. The zero-order valence-electron chi connectivity index (χ0n) is 18.4. The van der Waals surface area contributed by atoms with Gasteiger partial charge in [0.05, 0.1) is 17.8 Å². The Bertz CT molecular complexity index is 764. The van der Waals surface area contributed by atoms with Gasteiger partial charge in [-0.05, 0) is 64.7 Å². The fraction of sp³-hybridized carbons (Fsp3) is 0.640. The maximum Gasteiger partial charge on any atom is 0.309 e. The fourth-order valence-corrected chi connectivity index (χ4v) is 4.75. The van der Waals surface area contributed by atoms with Crippen molar-refractivity contribution in [2.45, 2.75) is 90.8 Å². The lowest BCUT2D eigenvalue weighted by Crippen LogP contribution is -2.44. The van der Waals surface area contributed by atoms with Crippen molar-refractivity contribution >= 4 is 17.7 Å². The van der Waals surface area contributed by atoms with E-state index in [0.717, 1.165) is 44.1 Å². The van der Waals surface area contributed by atoms with E-state index in [9.17, 15) is 14.4 Å². The molecule has 3 aliphatic rings. The molecule has 0 amide bonds. The molecule has 0 aromatic rings. The van der Waals surface area contributed by atoms with E-state index in [-0.39, 0.29) is 30.1 Å². The van der Waals surface area contributed by atoms with Gasteiger partial charge in [-0.15, -0.1) is 0 Å². The van der Waals surface area contributed by atoms with Crippen LogP contribution < -0.4 is 0 Å². The van der Waals surface area contributed by atoms with Gasteiger partial charge in [-0.3, -0.25) is 14.4 Å². The molecule has 2 aliphatic carbocycles. The quantitative estimate of drug-likeness (QED) is 0.452. The van der Waals surface area contributed by atoms with E-state index in [1.165, 1.54) is 18.1 Å². The molecule has 1 spiro atoms. The molecule has 0 N–H and O–H groups in total. The Labute approximate surface area is 179 Å². The number of cyclic esters (lactones) is 1. The Morgan fingerprint density at radius 1 is 1.20 bits per heavy atom. The van der Waals surface area contributed by atoms with Gasteiger partial charge in [-0.25, -0.2) is 0 Å². The molecule has 0 radical (unpaired) electrons. The van der Waals surface area contributed by atoms with Crippen molar-refractivity contribution in [1.82, 2.24) is 0 Å². The summed E-state index contributed by atoms with van der Waals surface area (Å²) in [5.74, 6) is -0.703. The maximum absolute atomic E-state index is 12.9. The summed E-state index contributed by atoms with van der Waals surface area (Å²) in [7, 11) is 0. The predicted octanol–water partition coefficient (Wildman–Crippen LogP) is 5.00. The first-order valence-electron chi connectivity index (χ1n) is 11.2. The third-order valence-corrected chi connectivity index (χ3v) is 6.51. The highest BCUT2D eigenvalue weighted by molar-refractivity contribution is 6.00. The van der Waals surface area contributed by atoms with Crippen LogP contribution >= 0.6 is 0 Å². The lowest BCUT2D eigenvalue weighted by molar-refractivity contribution is -0.156. The van der Waals surface area contributed by atoms with E-state index in [1.807, 2.05) is 13.0 Å². The van der Waals surface area contributed by atoms with Crippen LogP contribution in [0.5, 0.6) is 0 Å².